The van der Waals surface area contributed by atoms with Crippen molar-refractivity contribution in [3.05, 3.63) is 36.0 Å². The lowest BCUT2D eigenvalue weighted by atomic mass is 10.2. The van der Waals surface area contributed by atoms with Gasteiger partial charge in [0.05, 0.1) is 5.52 Å². The lowest BCUT2D eigenvalue weighted by Crippen LogP contribution is -2.35. The van der Waals surface area contributed by atoms with E-state index in [0.29, 0.717) is 23.5 Å². The molecule has 0 aliphatic carbocycles. The topological polar surface area (TPSA) is 97.5 Å². The summed E-state index contributed by atoms with van der Waals surface area (Å²) < 4.78 is 4.82. The Hall–Kier alpha value is -2.67. The second-order valence-electron chi connectivity index (χ2n) is 5.25. The van der Waals surface area contributed by atoms with Crippen LogP contribution in [0.5, 0.6) is 5.75 Å². The molecule has 24 heavy (non-hydrogen) atoms. The molecule has 0 fully saturated rings. The number of amides is 2. The van der Waals surface area contributed by atoms with Crippen LogP contribution in [0.4, 0.5) is 4.79 Å². The summed E-state index contributed by atoms with van der Waals surface area (Å²) in [7, 11) is 0. The van der Waals surface area contributed by atoms with E-state index >= 15 is 0 Å². The number of fused-ring (bicyclic) bond motifs is 1. The maximum Gasteiger partial charge on any atom is 0.409 e. The van der Waals surface area contributed by atoms with E-state index in [0.717, 1.165) is 25.0 Å². The van der Waals surface area contributed by atoms with Crippen molar-refractivity contribution in [2.24, 2.45) is 5.73 Å². The molecule has 0 bridgehead atoms. The minimum atomic E-state index is -0.869. The van der Waals surface area contributed by atoms with Crippen molar-refractivity contribution in [3.8, 4) is 5.75 Å². The van der Waals surface area contributed by atoms with Gasteiger partial charge in [0.25, 0.3) is 5.91 Å². The first-order chi connectivity index (χ1) is 11.5. The molecule has 3 N–H and O–H groups in total. The third-order valence-corrected chi connectivity index (χ3v) is 3.72. The molecule has 1 aromatic heterocycles. The number of hydrogen-bond acceptors (Lipinski definition) is 5. The number of nitrogens with zero attached hydrogens (tertiary/aromatic N) is 2. The highest BCUT2D eigenvalue weighted by Gasteiger charge is 2.09. The number of likely N-dealkylation sites (N-methyl/N-ethyl adjacent to an activating group) is 1. The van der Waals surface area contributed by atoms with E-state index in [9.17, 15) is 9.59 Å². The van der Waals surface area contributed by atoms with E-state index < -0.39 is 6.09 Å². The minimum absolute atomic E-state index is 0.207. The van der Waals surface area contributed by atoms with Crippen molar-refractivity contribution in [3.63, 3.8) is 0 Å². The summed E-state index contributed by atoms with van der Waals surface area (Å²) in [6, 6.07) is 8.32. The van der Waals surface area contributed by atoms with Crippen LogP contribution in [0.1, 0.15) is 24.3 Å². The van der Waals surface area contributed by atoms with Crippen molar-refractivity contribution in [2.45, 2.75) is 13.8 Å². The van der Waals surface area contributed by atoms with Crippen LogP contribution in [0, 0.1) is 0 Å². The van der Waals surface area contributed by atoms with Gasteiger partial charge in [0.15, 0.2) is 0 Å². The molecule has 7 heteroatoms. The third-order valence-electron chi connectivity index (χ3n) is 3.72. The van der Waals surface area contributed by atoms with Crippen LogP contribution < -0.4 is 15.8 Å². The van der Waals surface area contributed by atoms with E-state index in [1.165, 1.54) is 0 Å². The Kier molecular flexibility index (Phi) is 6.08. The first kappa shape index (κ1) is 17.7. The molecule has 128 valence electrons. The number of pyridine rings is 1. The van der Waals surface area contributed by atoms with Crippen molar-refractivity contribution >= 4 is 22.9 Å². The molecule has 1 heterocycles. The maximum absolute atomic E-state index is 12.2. The fourth-order valence-electron chi connectivity index (χ4n) is 2.37. The first-order valence-electron chi connectivity index (χ1n) is 7.92. The molecule has 2 amide bonds. The molecular formula is C17H22N4O3. The third kappa shape index (κ3) is 4.66. The smallest absolute Gasteiger partial charge is 0.409 e. The number of primary amides is 1. The van der Waals surface area contributed by atoms with Crippen LogP contribution in [0.2, 0.25) is 0 Å². The zero-order valence-electron chi connectivity index (χ0n) is 13.9. The molecule has 0 unspecified atom stereocenters. The van der Waals surface area contributed by atoms with Crippen LogP contribution in [0.3, 0.4) is 0 Å². The zero-order chi connectivity index (χ0) is 17.5. The normalized spacial score (nSPS) is 10.8. The SMILES string of the molecule is CCN(CC)CCNC(=O)c1ccc2cc(OC(N)=O)ccc2n1. The Labute approximate surface area is 140 Å². The molecule has 0 spiro atoms. The number of hydrogen-bond donors (Lipinski definition) is 2. The van der Waals surface area contributed by atoms with Gasteiger partial charge in [-0.15, -0.1) is 0 Å². The molecule has 0 saturated heterocycles. The Morgan fingerprint density at radius 2 is 1.96 bits per heavy atom. The summed E-state index contributed by atoms with van der Waals surface area (Å²) in [5.74, 6) is 0.134. The largest absolute Gasteiger partial charge is 0.410 e. The minimum Gasteiger partial charge on any atom is -0.410 e. The van der Waals surface area contributed by atoms with Crippen LogP contribution in [-0.4, -0.2) is 48.1 Å². The van der Waals surface area contributed by atoms with Crippen LogP contribution >= 0.6 is 0 Å². The highest BCUT2D eigenvalue weighted by molar-refractivity contribution is 5.95. The van der Waals surface area contributed by atoms with Crippen LogP contribution in [0.15, 0.2) is 30.3 Å². The maximum atomic E-state index is 12.2. The van der Waals surface area contributed by atoms with E-state index in [-0.39, 0.29) is 5.91 Å². The lowest BCUT2D eigenvalue weighted by Gasteiger charge is -2.17. The van der Waals surface area contributed by atoms with Crippen molar-refractivity contribution in [2.75, 3.05) is 26.2 Å². The average Bonchev–Trinajstić information content (AvgIpc) is 2.57. The van der Waals surface area contributed by atoms with Crippen LogP contribution in [0.25, 0.3) is 10.9 Å². The van der Waals surface area contributed by atoms with Crippen molar-refractivity contribution in [1.29, 1.82) is 0 Å². The Balaban J connectivity index is 2.04. The molecule has 0 saturated carbocycles. The molecule has 0 atom stereocenters. The number of ether oxygens (including phenoxy) is 1. The Morgan fingerprint density at radius 1 is 1.21 bits per heavy atom. The average molecular weight is 330 g/mol. The number of benzene rings is 1. The summed E-state index contributed by atoms with van der Waals surface area (Å²) in [6.07, 6.45) is -0.869. The predicted molar refractivity (Wildman–Crippen MR) is 92.1 cm³/mol. The summed E-state index contributed by atoms with van der Waals surface area (Å²) >= 11 is 0. The number of carbonyl (C=O) groups excluding carboxylic acids is 2. The molecular weight excluding hydrogens is 308 g/mol. The molecule has 7 nitrogen and oxygen atoms in total. The van der Waals surface area contributed by atoms with Crippen molar-refractivity contribution < 1.29 is 14.3 Å². The van der Waals surface area contributed by atoms with Gasteiger partial charge in [-0.05, 0) is 37.4 Å². The van der Waals surface area contributed by atoms with E-state index in [1.54, 1.807) is 30.3 Å². The van der Waals surface area contributed by atoms with Gasteiger partial charge in [-0.3, -0.25) is 4.79 Å². The summed E-state index contributed by atoms with van der Waals surface area (Å²) in [4.78, 5) is 29.5. The molecule has 0 radical (unpaired) electrons. The Bertz CT molecular complexity index is 729. The summed E-state index contributed by atoms with van der Waals surface area (Å²) in [5, 5.41) is 3.63. The zero-order valence-corrected chi connectivity index (χ0v) is 13.9. The summed E-state index contributed by atoms with van der Waals surface area (Å²) in [5.41, 5.74) is 5.98. The van der Waals surface area contributed by atoms with Gasteiger partial charge < -0.3 is 20.7 Å². The second-order valence-corrected chi connectivity index (χ2v) is 5.25. The second kappa shape index (κ2) is 8.26. The lowest BCUT2D eigenvalue weighted by molar-refractivity contribution is 0.0944. The van der Waals surface area contributed by atoms with Crippen molar-refractivity contribution in [1.82, 2.24) is 15.2 Å². The molecule has 0 aliphatic heterocycles. The standard InChI is InChI=1S/C17H22N4O3/c1-3-21(4-2)10-9-19-16(22)15-7-5-12-11-13(24-17(18)23)6-8-14(12)20-15/h5-8,11H,3-4,9-10H2,1-2H3,(H2,18,23)(H,19,22). The van der Waals surface area contributed by atoms with E-state index in [2.05, 4.69) is 29.0 Å². The predicted octanol–water partition coefficient (Wildman–Crippen LogP) is 1.76. The van der Waals surface area contributed by atoms with Gasteiger partial charge in [-0.2, -0.15) is 0 Å². The molecule has 1 aromatic carbocycles. The van der Waals surface area contributed by atoms with Gasteiger partial charge in [0.2, 0.25) is 0 Å². The highest BCUT2D eigenvalue weighted by Crippen LogP contribution is 2.20. The number of carbonyl (C=O) groups is 2. The molecule has 2 aromatic rings. The number of nitrogens with one attached hydrogen (secondary N) is 1. The first-order valence-corrected chi connectivity index (χ1v) is 7.92. The monoisotopic (exact) mass is 330 g/mol. The molecule has 0 aliphatic rings. The van der Waals surface area contributed by atoms with Gasteiger partial charge in [-0.1, -0.05) is 19.9 Å². The number of nitrogens with two attached hydrogens (primary N) is 1. The highest BCUT2D eigenvalue weighted by atomic mass is 16.5. The quantitative estimate of drug-likeness (QED) is 0.806. The molecule has 2 rings (SSSR count). The van der Waals surface area contributed by atoms with E-state index in [1.807, 2.05) is 0 Å². The van der Waals surface area contributed by atoms with Gasteiger partial charge >= 0.3 is 6.09 Å². The van der Waals surface area contributed by atoms with Crippen LogP contribution in [-0.2, 0) is 0 Å². The van der Waals surface area contributed by atoms with Gasteiger partial charge in [0.1, 0.15) is 11.4 Å². The van der Waals surface area contributed by atoms with Gasteiger partial charge in [0, 0.05) is 18.5 Å². The fourth-order valence-corrected chi connectivity index (χ4v) is 2.37. The van der Waals surface area contributed by atoms with E-state index in [4.69, 9.17) is 10.5 Å². The Morgan fingerprint density at radius 3 is 2.62 bits per heavy atom. The fraction of sp³-hybridized carbons (Fsp3) is 0.353. The van der Waals surface area contributed by atoms with Gasteiger partial charge in [-0.25, -0.2) is 9.78 Å². The summed E-state index contributed by atoms with van der Waals surface area (Å²) in [6.45, 7) is 7.47. The number of rotatable bonds is 7. The number of aromatic nitrogens is 1.